The fourth-order valence-corrected chi connectivity index (χ4v) is 3.15. The van der Waals surface area contributed by atoms with Gasteiger partial charge in [-0.25, -0.2) is 8.42 Å². The molecule has 0 bridgehead atoms. The number of hydrogen-bond acceptors (Lipinski definition) is 3. The molecule has 0 saturated heterocycles. The second-order valence-electron chi connectivity index (χ2n) is 5.39. The highest BCUT2D eigenvalue weighted by molar-refractivity contribution is 7.88. The van der Waals surface area contributed by atoms with E-state index in [-0.39, 0.29) is 13.1 Å². The van der Waals surface area contributed by atoms with Crippen molar-refractivity contribution in [2.45, 2.75) is 6.42 Å². The molecule has 0 unspecified atom stereocenters. The average Bonchev–Trinajstić information content (AvgIpc) is 2.51. The quantitative estimate of drug-likeness (QED) is 0.819. The van der Waals surface area contributed by atoms with Crippen LogP contribution in [0.2, 0.25) is 5.02 Å². The van der Waals surface area contributed by atoms with Gasteiger partial charge in [0, 0.05) is 17.3 Å². The van der Waals surface area contributed by atoms with Crippen LogP contribution in [0.25, 0.3) is 0 Å². The molecule has 0 saturated carbocycles. The molecule has 5 nitrogen and oxygen atoms in total. The third-order valence-corrected chi connectivity index (χ3v) is 4.87. The molecule has 1 N–H and O–H groups in total. The molecule has 0 fully saturated rings. The molecule has 2 aromatic carbocycles. The second kappa shape index (κ2) is 8.28. The van der Waals surface area contributed by atoms with Crippen molar-refractivity contribution in [3.63, 3.8) is 0 Å². The predicted octanol–water partition coefficient (Wildman–Crippen LogP) is 2.78. The fraction of sp³-hybridized carbons (Fsp3) is 0.235. The lowest BCUT2D eigenvalue weighted by molar-refractivity contribution is -0.116. The highest BCUT2D eigenvalue weighted by Gasteiger charge is 2.20. The molecule has 7 heteroatoms. The lowest BCUT2D eigenvalue weighted by Gasteiger charge is -2.19. The summed E-state index contributed by atoms with van der Waals surface area (Å²) in [5, 5.41) is 3.15. The number of amides is 1. The molecule has 0 aliphatic rings. The number of halogens is 1. The first kappa shape index (κ1) is 18.4. The predicted molar refractivity (Wildman–Crippen MR) is 96.6 cm³/mol. The van der Waals surface area contributed by atoms with Crippen molar-refractivity contribution in [1.82, 2.24) is 4.31 Å². The lowest BCUT2D eigenvalue weighted by atomic mass is 10.1. The van der Waals surface area contributed by atoms with Crippen LogP contribution in [0.4, 0.5) is 5.69 Å². The molecule has 128 valence electrons. The van der Waals surface area contributed by atoms with E-state index in [2.05, 4.69) is 5.32 Å². The Hall–Kier alpha value is -1.89. The highest BCUT2D eigenvalue weighted by atomic mass is 35.5. The molecule has 0 aliphatic carbocycles. The minimum absolute atomic E-state index is 0.238. The van der Waals surface area contributed by atoms with Gasteiger partial charge in [0.05, 0.1) is 12.8 Å². The topological polar surface area (TPSA) is 66.5 Å². The van der Waals surface area contributed by atoms with Gasteiger partial charge in [-0.15, -0.1) is 0 Å². The zero-order valence-corrected chi connectivity index (χ0v) is 14.8. The summed E-state index contributed by atoms with van der Waals surface area (Å²) in [6, 6.07) is 16.2. The standard InChI is InChI=1S/C17H19ClN2O3S/c1-24(22,23)20(11-10-14-6-3-2-4-7-14)13-17(21)19-16-9-5-8-15(18)12-16/h2-9,12H,10-11,13H2,1H3,(H,19,21). The zero-order chi connectivity index (χ0) is 17.6. The smallest absolute Gasteiger partial charge is 0.239 e. The Bertz CT molecular complexity index is 794. The van der Waals surface area contributed by atoms with Crippen LogP contribution in [-0.2, 0) is 21.2 Å². The highest BCUT2D eigenvalue weighted by Crippen LogP contribution is 2.15. The molecular weight excluding hydrogens is 348 g/mol. The summed E-state index contributed by atoms with van der Waals surface area (Å²) in [6.45, 7) is 0.00396. The summed E-state index contributed by atoms with van der Waals surface area (Å²) in [7, 11) is -3.48. The molecule has 0 radical (unpaired) electrons. The number of nitrogens with one attached hydrogen (secondary N) is 1. The second-order valence-corrected chi connectivity index (χ2v) is 7.81. The van der Waals surface area contributed by atoms with Gasteiger partial charge >= 0.3 is 0 Å². The van der Waals surface area contributed by atoms with Crippen LogP contribution in [0.5, 0.6) is 0 Å². The first-order valence-electron chi connectivity index (χ1n) is 7.39. The van der Waals surface area contributed by atoms with Gasteiger partial charge in [0.25, 0.3) is 0 Å². The summed E-state index contributed by atoms with van der Waals surface area (Å²) in [4.78, 5) is 12.1. The van der Waals surface area contributed by atoms with E-state index in [4.69, 9.17) is 11.6 Å². The van der Waals surface area contributed by atoms with Crippen LogP contribution in [0.15, 0.2) is 54.6 Å². The fourth-order valence-electron chi connectivity index (χ4n) is 2.19. The van der Waals surface area contributed by atoms with E-state index in [0.29, 0.717) is 17.1 Å². The zero-order valence-electron chi connectivity index (χ0n) is 13.3. The maximum Gasteiger partial charge on any atom is 0.239 e. The molecule has 0 heterocycles. The molecule has 0 spiro atoms. The molecule has 0 aliphatic heterocycles. The number of carbonyl (C=O) groups excluding carboxylic acids is 1. The lowest BCUT2D eigenvalue weighted by Crippen LogP contribution is -2.38. The van der Waals surface area contributed by atoms with E-state index < -0.39 is 15.9 Å². The summed E-state index contributed by atoms with van der Waals surface area (Å²) < 4.78 is 25.0. The Morgan fingerprint density at radius 3 is 2.46 bits per heavy atom. The molecule has 2 rings (SSSR count). The summed E-state index contributed by atoms with van der Waals surface area (Å²) in [5.41, 5.74) is 1.55. The largest absolute Gasteiger partial charge is 0.325 e. The van der Waals surface area contributed by atoms with Crippen molar-refractivity contribution >= 4 is 33.2 Å². The average molecular weight is 367 g/mol. The number of sulfonamides is 1. The van der Waals surface area contributed by atoms with Crippen molar-refractivity contribution in [2.75, 3.05) is 24.7 Å². The van der Waals surface area contributed by atoms with Gasteiger partial charge in [-0.05, 0) is 30.2 Å². The van der Waals surface area contributed by atoms with Gasteiger partial charge in [-0.3, -0.25) is 4.79 Å². The van der Waals surface area contributed by atoms with Crippen LogP contribution >= 0.6 is 11.6 Å². The number of rotatable bonds is 7. The summed E-state index contributed by atoms with van der Waals surface area (Å²) >= 11 is 5.87. The summed E-state index contributed by atoms with van der Waals surface area (Å²) in [5.74, 6) is -0.407. The monoisotopic (exact) mass is 366 g/mol. The van der Waals surface area contributed by atoms with Crippen molar-refractivity contribution in [3.05, 3.63) is 65.2 Å². The molecule has 2 aromatic rings. The number of anilines is 1. The van der Waals surface area contributed by atoms with Crippen molar-refractivity contribution < 1.29 is 13.2 Å². The molecule has 1 amide bonds. The minimum Gasteiger partial charge on any atom is -0.325 e. The molecule has 0 atom stereocenters. The van der Waals surface area contributed by atoms with E-state index in [1.165, 1.54) is 4.31 Å². The Balaban J connectivity index is 1.99. The van der Waals surface area contributed by atoms with Crippen LogP contribution in [0, 0.1) is 0 Å². The Labute approximate surface area is 147 Å². The van der Waals surface area contributed by atoms with Gasteiger partial charge in [-0.1, -0.05) is 48.0 Å². The Morgan fingerprint density at radius 2 is 1.83 bits per heavy atom. The maximum atomic E-state index is 12.1. The third kappa shape index (κ3) is 5.96. The third-order valence-electron chi connectivity index (χ3n) is 3.39. The molecule has 0 aromatic heterocycles. The number of carbonyl (C=O) groups is 1. The van der Waals surface area contributed by atoms with Gasteiger partial charge in [0.2, 0.25) is 15.9 Å². The van der Waals surface area contributed by atoms with Gasteiger partial charge in [0.1, 0.15) is 0 Å². The Kier molecular flexibility index (Phi) is 6.36. The Morgan fingerprint density at radius 1 is 1.12 bits per heavy atom. The van der Waals surface area contributed by atoms with Gasteiger partial charge in [-0.2, -0.15) is 4.31 Å². The van der Waals surface area contributed by atoms with E-state index in [9.17, 15) is 13.2 Å². The van der Waals surface area contributed by atoms with Crippen LogP contribution in [0.1, 0.15) is 5.56 Å². The van der Waals surface area contributed by atoms with E-state index in [1.54, 1.807) is 24.3 Å². The van der Waals surface area contributed by atoms with Gasteiger partial charge in [0.15, 0.2) is 0 Å². The molecular formula is C17H19ClN2O3S. The summed E-state index contributed by atoms with van der Waals surface area (Å²) in [6.07, 6.45) is 1.64. The van der Waals surface area contributed by atoms with Crippen LogP contribution in [-0.4, -0.2) is 38.0 Å². The first-order chi connectivity index (χ1) is 11.3. The minimum atomic E-state index is -3.48. The van der Waals surface area contributed by atoms with Crippen LogP contribution < -0.4 is 5.32 Å². The first-order valence-corrected chi connectivity index (χ1v) is 9.62. The van der Waals surface area contributed by atoms with Crippen molar-refractivity contribution in [1.29, 1.82) is 0 Å². The number of benzene rings is 2. The van der Waals surface area contributed by atoms with E-state index in [1.807, 2.05) is 30.3 Å². The van der Waals surface area contributed by atoms with E-state index >= 15 is 0 Å². The maximum absolute atomic E-state index is 12.1. The van der Waals surface area contributed by atoms with E-state index in [0.717, 1.165) is 11.8 Å². The van der Waals surface area contributed by atoms with Crippen molar-refractivity contribution in [2.24, 2.45) is 0 Å². The number of hydrogen-bond donors (Lipinski definition) is 1. The number of nitrogens with zero attached hydrogens (tertiary/aromatic N) is 1. The van der Waals surface area contributed by atoms with Crippen molar-refractivity contribution in [3.8, 4) is 0 Å². The van der Waals surface area contributed by atoms with Gasteiger partial charge < -0.3 is 5.32 Å². The van der Waals surface area contributed by atoms with Crippen LogP contribution in [0.3, 0.4) is 0 Å². The normalized spacial score (nSPS) is 11.5. The molecule has 24 heavy (non-hydrogen) atoms. The SMILES string of the molecule is CS(=O)(=O)N(CCc1ccccc1)CC(=O)Nc1cccc(Cl)c1.